The van der Waals surface area contributed by atoms with E-state index in [1.807, 2.05) is 32.0 Å². The number of nitrogens with one attached hydrogen (secondary N) is 2. The monoisotopic (exact) mass is 388 g/mol. The zero-order chi connectivity index (χ0) is 13.8. The number of hydrogen-bond donors (Lipinski definition) is 2. The van der Waals surface area contributed by atoms with Gasteiger partial charge in [0.2, 0.25) is 5.95 Å². The van der Waals surface area contributed by atoms with Crippen LogP contribution in [0.15, 0.2) is 24.4 Å². The van der Waals surface area contributed by atoms with Gasteiger partial charge in [-0.05, 0) is 54.6 Å². The Balaban J connectivity index is 2.29. The summed E-state index contributed by atoms with van der Waals surface area (Å²) >= 11 is 8.19. The lowest BCUT2D eigenvalue weighted by Gasteiger charge is -2.11. The Labute approximate surface area is 131 Å². The first-order valence-electron chi connectivity index (χ1n) is 5.89. The number of rotatable bonds is 4. The Morgan fingerprint density at radius 3 is 2.84 bits per heavy atom. The summed E-state index contributed by atoms with van der Waals surface area (Å²) in [6.45, 7) is 4.78. The summed E-state index contributed by atoms with van der Waals surface area (Å²) in [4.78, 5) is 8.67. The maximum Gasteiger partial charge on any atom is 0.224 e. The van der Waals surface area contributed by atoms with Crippen molar-refractivity contribution in [3.8, 4) is 0 Å². The molecule has 0 bridgehead atoms. The second-order valence-electron chi connectivity index (χ2n) is 4.00. The van der Waals surface area contributed by atoms with E-state index in [0.29, 0.717) is 5.95 Å². The maximum absolute atomic E-state index is 5.95. The summed E-state index contributed by atoms with van der Waals surface area (Å²) < 4.78 is 1.05. The van der Waals surface area contributed by atoms with Gasteiger partial charge in [-0.2, -0.15) is 4.98 Å². The first kappa shape index (κ1) is 14.3. The molecule has 0 fully saturated rings. The summed E-state index contributed by atoms with van der Waals surface area (Å²) in [5.41, 5.74) is 1.97. The average molecular weight is 389 g/mol. The van der Waals surface area contributed by atoms with Crippen LogP contribution in [-0.4, -0.2) is 16.5 Å². The van der Waals surface area contributed by atoms with Crippen molar-refractivity contribution < 1.29 is 0 Å². The third kappa shape index (κ3) is 3.70. The third-order valence-electron chi connectivity index (χ3n) is 2.49. The molecule has 1 heterocycles. The van der Waals surface area contributed by atoms with Crippen molar-refractivity contribution in [1.82, 2.24) is 9.97 Å². The first-order chi connectivity index (χ1) is 9.10. The highest BCUT2D eigenvalue weighted by Crippen LogP contribution is 2.26. The fourth-order valence-electron chi connectivity index (χ4n) is 1.53. The number of nitrogens with zero attached hydrogens (tertiary/aromatic N) is 2. The predicted octanol–water partition coefficient (Wildman–Crippen LogP) is 4.22. The van der Waals surface area contributed by atoms with E-state index in [-0.39, 0.29) is 0 Å². The van der Waals surface area contributed by atoms with Crippen molar-refractivity contribution in [1.29, 1.82) is 0 Å². The second-order valence-corrected chi connectivity index (χ2v) is 5.60. The van der Waals surface area contributed by atoms with E-state index >= 15 is 0 Å². The molecule has 4 nitrogen and oxygen atoms in total. The lowest BCUT2D eigenvalue weighted by molar-refractivity contribution is 1.07. The van der Waals surface area contributed by atoms with Crippen LogP contribution in [0.25, 0.3) is 0 Å². The molecule has 0 atom stereocenters. The molecule has 6 heteroatoms. The van der Waals surface area contributed by atoms with E-state index in [1.165, 1.54) is 0 Å². The van der Waals surface area contributed by atoms with Gasteiger partial charge in [0, 0.05) is 26.9 Å². The van der Waals surface area contributed by atoms with Gasteiger partial charge in [-0.25, -0.2) is 4.98 Å². The molecule has 2 rings (SSSR count). The SMILES string of the molecule is CCNc1ncc(C)c(Nc2ccc(Cl)cc2I)n1. The predicted molar refractivity (Wildman–Crippen MR) is 88.4 cm³/mol. The van der Waals surface area contributed by atoms with Crippen molar-refractivity contribution in [2.45, 2.75) is 13.8 Å². The smallest absolute Gasteiger partial charge is 0.224 e. The van der Waals surface area contributed by atoms with Crippen LogP contribution >= 0.6 is 34.2 Å². The molecular weight excluding hydrogens is 375 g/mol. The highest BCUT2D eigenvalue weighted by Gasteiger charge is 2.06. The molecule has 1 aromatic heterocycles. The standard InChI is InChI=1S/C13H14ClIN4/c1-3-16-13-17-7-8(2)12(19-13)18-11-5-4-9(14)6-10(11)15/h4-7H,3H2,1-2H3,(H2,16,17,18,19). The summed E-state index contributed by atoms with van der Waals surface area (Å²) in [5.74, 6) is 1.42. The maximum atomic E-state index is 5.95. The zero-order valence-corrected chi connectivity index (χ0v) is 13.6. The molecular formula is C13H14ClIN4. The summed E-state index contributed by atoms with van der Waals surface area (Å²) in [6, 6.07) is 5.71. The van der Waals surface area contributed by atoms with Crippen LogP contribution in [0.3, 0.4) is 0 Å². The zero-order valence-electron chi connectivity index (χ0n) is 10.7. The fraction of sp³-hybridized carbons (Fsp3) is 0.231. The van der Waals surface area contributed by atoms with Crippen LogP contribution in [0.4, 0.5) is 17.5 Å². The summed E-state index contributed by atoms with van der Waals surface area (Å²) in [6.07, 6.45) is 1.80. The summed E-state index contributed by atoms with van der Waals surface area (Å²) in [7, 11) is 0. The van der Waals surface area contributed by atoms with Crippen LogP contribution < -0.4 is 10.6 Å². The Bertz CT molecular complexity index is 589. The van der Waals surface area contributed by atoms with Gasteiger partial charge in [-0.15, -0.1) is 0 Å². The van der Waals surface area contributed by atoms with Crippen LogP contribution in [0.1, 0.15) is 12.5 Å². The third-order valence-corrected chi connectivity index (χ3v) is 3.62. The minimum atomic E-state index is 0.625. The van der Waals surface area contributed by atoms with Crippen LogP contribution in [0.2, 0.25) is 5.02 Å². The van der Waals surface area contributed by atoms with Crippen molar-refractivity contribution in [3.05, 3.63) is 38.6 Å². The lowest BCUT2D eigenvalue weighted by atomic mass is 10.3. The Morgan fingerprint density at radius 2 is 2.16 bits per heavy atom. The number of anilines is 3. The topological polar surface area (TPSA) is 49.8 Å². The van der Waals surface area contributed by atoms with Gasteiger partial charge in [-0.3, -0.25) is 0 Å². The lowest BCUT2D eigenvalue weighted by Crippen LogP contribution is -2.05. The number of benzene rings is 1. The van der Waals surface area contributed by atoms with E-state index in [1.54, 1.807) is 6.20 Å². The molecule has 1 aromatic carbocycles. The quantitative estimate of drug-likeness (QED) is 0.770. The largest absolute Gasteiger partial charge is 0.354 e. The molecule has 0 radical (unpaired) electrons. The van der Waals surface area contributed by atoms with Gasteiger partial charge in [-0.1, -0.05) is 11.6 Å². The average Bonchev–Trinajstić information content (AvgIpc) is 2.37. The summed E-state index contributed by atoms with van der Waals surface area (Å²) in [5, 5.41) is 7.13. The molecule has 2 aromatic rings. The highest BCUT2D eigenvalue weighted by molar-refractivity contribution is 14.1. The Kier molecular flexibility index (Phi) is 4.81. The van der Waals surface area contributed by atoms with Crippen molar-refractivity contribution in [2.75, 3.05) is 17.2 Å². The van der Waals surface area contributed by atoms with Crippen LogP contribution in [0, 0.1) is 10.5 Å². The molecule has 0 saturated carbocycles. The number of aromatic nitrogens is 2. The molecule has 0 aliphatic carbocycles. The minimum Gasteiger partial charge on any atom is -0.354 e. The van der Waals surface area contributed by atoms with Crippen LogP contribution in [0.5, 0.6) is 0 Å². The number of aryl methyl sites for hydroxylation is 1. The Morgan fingerprint density at radius 1 is 1.37 bits per heavy atom. The fourth-order valence-corrected chi connectivity index (χ4v) is 2.54. The van der Waals surface area contributed by atoms with E-state index in [0.717, 1.165) is 32.2 Å². The highest BCUT2D eigenvalue weighted by atomic mass is 127. The molecule has 19 heavy (non-hydrogen) atoms. The van der Waals surface area contributed by atoms with Crippen molar-refractivity contribution >= 4 is 51.6 Å². The molecule has 0 saturated heterocycles. The molecule has 0 amide bonds. The van der Waals surface area contributed by atoms with Gasteiger partial charge in [0.25, 0.3) is 0 Å². The van der Waals surface area contributed by atoms with Gasteiger partial charge >= 0.3 is 0 Å². The van der Waals surface area contributed by atoms with Crippen molar-refractivity contribution in [2.24, 2.45) is 0 Å². The van der Waals surface area contributed by atoms with Crippen molar-refractivity contribution in [3.63, 3.8) is 0 Å². The normalized spacial score (nSPS) is 10.3. The van der Waals surface area contributed by atoms with E-state index in [2.05, 4.69) is 43.2 Å². The van der Waals surface area contributed by atoms with E-state index in [4.69, 9.17) is 11.6 Å². The molecule has 0 unspecified atom stereocenters. The second kappa shape index (κ2) is 6.38. The van der Waals surface area contributed by atoms with E-state index < -0.39 is 0 Å². The molecule has 100 valence electrons. The molecule has 0 aliphatic rings. The van der Waals surface area contributed by atoms with Gasteiger partial charge in [0.05, 0.1) is 5.69 Å². The first-order valence-corrected chi connectivity index (χ1v) is 7.35. The number of halogens is 2. The molecule has 2 N–H and O–H groups in total. The number of hydrogen-bond acceptors (Lipinski definition) is 4. The van der Waals surface area contributed by atoms with Crippen LogP contribution in [-0.2, 0) is 0 Å². The Hall–Kier alpha value is -1.08. The molecule has 0 spiro atoms. The van der Waals surface area contributed by atoms with Gasteiger partial charge in [0.15, 0.2) is 0 Å². The van der Waals surface area contributed by atoms with Gasteiger partial charge in [0.1, 0.15) is 5.82 Å². The van der Waals surface area contributed by atoms with Gasteiger partial charge < -0.3 is 10.6 Å². The van der Waals surface area contributed by atoms with E-state index in [9.17, 15) is 0 Å². The molecule has 0 aliphatic heterocycles. The minimum absolute atomic E-state index is 0.625.